The maximum atomic E-state index is 12.2. The van der Waals surface area contributed by atoms with Crippen LogP contribution in [-0.2, 0) is 16.6 Å². The molecule has 2 rings (SSSR count). The quantitative estimate of drug-likeness (QED) is 0.641. The highest BCUT2D eigenvalue weighted by atomic mass is 79.9. The Hall–Kier alpha value is -1.29. The molecule has 2 aromatic rings. The second-order valence-corrected chi connectivity index (χ2v) is 7.26. The first kappa shape index (κ1) is 15.1. The molecule has 0 spiro atoms. The van der Waals surface area contributed by atoms with Crippen LogP contribution in [-0.4, -0.2) is 13.3 Å². The van der Waals surface area contributed by atoms with Crippen LogP contribution in [0.1, 0.15) is 5.56 Å². The van der Waals surface area contributed by atoms with Crippen molar-refractivity contribution >= 4 is 43.0 Å². The Balaban J connectivity index is 2.33. The van der Waals surface area contributed by atoms with E-state index in [0.29, 0.717) is 4.47 Å². The summed E-state index contributed by atoms with van der Waals surface area (Å²) in [6, 6.07) is 5.58. The van der Waals surface area contributed by atoms with Gasteiger partial charge in [-0.25, -0.2) is 13.1 Å². The summed E-state index contributed by atoms with van der Waals surface area (Å²) in [7, 11) is -3.95. The van der Waals surface area contributed by atoms with Gasteiger partial charge in [0.1, 0.15) is 0 Å². The van der Waals surface area contributed by atoms with E-state index < -0.39 is 20.6 Å². The monoisotopic (exact) mass is 376 g/mol. The first-order chi connectivity index (χ1) is 9.40. The third kappa shape index (κ3) is 3.42. The lowest BCUT2D eigenvalue weighted by Crippen LogP contribution is -2.23. The van der Waals surface area contributed by atoms with E-state index in [1.165, 1.54) is 23.5 Å². The second-order valence-electron chi connectivity index (χ2n) is 3.83. The molecule has 0 saturated heterocycles. The molecule has 0 atom stereocenters. The molecule has 20 heavy (non-hydrogen) atoms. The first-order valence-corrected chi connectivity index (χ1v) is 8.57. The summed E-state index contributed by atoms with van der Waals surface area (Å²) in [5.41, 5.74) is 0.349. The van der Waals surface area contributed by atoms with E-state index in [-0.39, 0.29) is 11.4 Å². The third-order valence-corrected chi connectivity index (χ3v) is 5.11. The number of benzene rings is 1. The van der Waals surface area contributed by atoms with Crippen molar-refractivity contribution in [1.82, 2.24) is 4.72 Å². The van der Waals surface area contributed by atoms with Crippen molar-refractivity contribution < 1.29 is 13.3 Å². The van der Waals surface area contributed by atoms with Crippen LogP contribution >= 0.6 is 27.3 Å². The van der Waals surface area contributed by atoms with E-state index in [1.54, 1.807) is 11.4 Å². The van der Waals surface area contributed by atoms with Gasteiger partial charge in [0.25, 0.3) is 5.69 Å². The van der Waals surface area contributed by atoms with Gasteiger partial charge >= 0.3 is 0 Å². The molecule has 0 amide bonds. The minimum absolute atomic E-state index is 0.0928. The number of nitro groups is 1. The van der Waals surface area contributed by atoms with Crippen molar-refractivity contribution in [3.05, 3.63) is 55.2 Å². The van der Waals surface area contributed by atoms with E-state index in [4.69, 9.17) is 0 Å². The number of hydrogen-bond donors (Lipinski definition) is 1. The zero-order valence-electron chi connectivity index (χ0n) is 9.95. The molecule has 0 aliphatic heterocycles. The lowest BCUT2D eigenvalue weighted by atomic mass is 10.3. The largest absolute Gasteiger partial charge is 0.289 e. The Morgan fingerprint density at radius 2 is 2.10 bits per heavy atom. The van der Waals surface area contributed by atoms with Gasteiger partial charge in [-0.15, -0.1) is 0 Å². The highest BCUT2D eigenvalue weighted by Crippen LogP contribution is 2.27. The lowest BCUT2D eigenvalue weighted by Gasteiger charge is -2.07. The maximum absolute atomic E-state index is 12.2. The summed E-state index contributed by atoms with van der Waals surface area (Å²) in [4.78, 5) is 9.84. The van der Waals surface area contributed by atoms with Gasteiger partial charge in [-0.1, -0.05) is 15.9 Å². The molecule has 106 valence electrons. The Kier molecular flexibility index (Phi) is 4.53. The number of nitrogens with one attached hydrogen (secondary N) is 1. The predicted molar refractivity (Wildman–Crippen MR) is 79.1 cm³/mol. The molecule has 1 aromatic carbocycles. The van der Waals surface area contributed by atoms with Crippen LogP contribution in [0.5, 0.6) is 0 Å². The Morgan fingerprint density at radius 3 is 2.70 bits per heavy atom. The smallest absolute Gasteiger partial charge is 0.258 e. The number of nitrogens with zero attached hydrogens (tertiary/aromatic N) is 1. The van der Waals surface area contributed by atoms with E-state index in [0.717, 1.165) is 11.6 Å². The fourth-order valence-electron chi connectivity index (χ4n) is 1.50. The second kappa shape index (κ2) is 6.00. The summed E-state index contributed by atoms with van der Waals surface area (Å²) in [5, 5.41) is 14.5. The van der Waals surface area contributed by atoms with E-state index in [1.807, 2.05) is 5.38 Å². The molecule has 0 radical (unpaired) electrons. The Morgan fingerprint density at radius 1 is 1.35 bits per heavy atom. The number of nitro benzene ring substituents is 1. The molecule has 1 aromatic heterocycles. The molecule has 0 saturated carbocycles. The average Bonchev–Trinajstić information content (AvgIpc) is 2.89. The summed E-state index contributed by atoms with van der Waals surface area (Å²) >= 11 is 4.56. The normalized spacial score (nSPS) is 11.4. The summed E-state index contributed by atoms with van der Waals surface area (Å²) < 4.78 is 27.2. The van der Waals surface area contributed by atoms with Gasteiger partial charge in [0.05, 0.1) is 4.92 Å². The molecule has 1 heterocycles. The molecular formula is C11H9BrN2O4S2. The molecule has 9 heteroatoms. The number of hydrogen-bond acceptors (Lipinski definition) is 5. The van der Waals surface area contributed by atoms with Gasteiger partial charge in [-0.3, -0.25) is 10.1 Å². The lowest BCUT2D eigenvalue weighted by molar-refractivity contribution is -0.387. The van der Waals surface area contributed by atoms with Crippen LogP contribution in [0.2, 0.25) is 0 Å². The highest BCUT2D eigenvalue weighted by Gasteiger charge is 2.25. The van der Waals surface area contributed by atoms with Crippen LogP contribution in [0.15, 0.2) is 44.4 Å². The number of rotatable bonds is 5. The molecule has 0 unspecified atom stereocenters. The molecule has 0 bridgehead atoms. The topological polar surface area (TPSA) is 89.3 Å². The van der Waals surface area contributed by atoms with Crippen molar-refractivity contribution in [3.8, 4) is 0 Å². The fourth-order valence-corrected chi connectivity index (χ4v) is 3.90. The Bertz CT molecular complexity index is 729. The van der Waals surface area contributed by atoms with Gasteiger partial charge in [0.15, 0.2) is 4.90 Å². The summed E-state index contributed by atoms with van der Waals surface area (Å²) in [6.07, 6.45) is 0. The van der Waals surface area contributed by atoms with Crippen molar-refractivity contribution in [2.75, 3.05) is 0 Å². The molecule has 0 aliphatic carbocycles. The zero-order valence-corrected chi connectivity index (χ0v) is 13.2. The van der Waals surface area contributed by atoms with Gasteiger partial charge in [0.2, 0.25) is 10.0 Å². The standard InChI is InChI=1S/C11H9BrN2O4S2/c12-9-1-2-10(14(15)16)11(5-9)20(17,18)13-6-8-3-4-19-7-8/h1-5,7,13H,6H2. The first-order valence-electron chi connectivity index (χ1n) is 5.35. The van der Waals surface area contributed by atoms with Gasteiger partial charge in [-0.2, -0.15) is 11.3 Å². The van der Waals surface area contributed by atoms with Crippen LogP contribution in [0.3, 0.4) is 0 Å². The van der Waals surface area contributed by atoms with Crippen LogP contribution in [0.25, 0.3) is 0 Å². The minimum atomic E-state index is -3.95. The number of thiophene rings is 1. The molecular weight excluding hydrogens is 368 g/mol. The zero-order chi connectivity index (χ0) is 14.8. The highest BCUT2D eigenvalue weighted by molar-refractivity contribution is 9.10. The average molecular weight is 377 g/mol. The third-order valence-electron chi connectivity index (χ3n) is 2.45. The minimum Gasteiger partial charge on any atom is -0.258 e. The van der Waals surface area contributed by atoms with E-state index in [2.05, 4.69) is 20.7 Å². The van der Waals surface area contributed by atoms with Crippen molar-refractivity contribution in [2.45, 2.75) is 11.4 Å². The summed E-state index contributed by atoms with van der Waals surface area (Å²) in [6.45, 7) is 0.0928. The maximum Gasteiger partial charge on any atom is 0.289 e. The van der Waals surface area contributed by atoms with E-state index >= 15 is 0 Å². The van der Waals surface area contributed by atoms with Crippen LogP contribution in [0, 0.1) is 10.1 Å². The fraction of sp³-hybridized carbons (Fsp3) is 0.0909. The van der Waals surface area contributed by atoms with Crippen molar-refractivity contribution in [1.29, 1.82) is 0 Å². The molecule has 6 nitrogen and oxygen atoms in total. The molecule has 0 fully saturated rings. The predicted octanol–water partition coefficient (Wildman–Crippen LogP) is 2.90. The van der Waals surface area contributed by atoms with Crippen molar-refractivity contribution in [3.63, 3.8) is 0 Å². The van der Waals surface area contributed by atoms with E-state index in [9.17, 15) is 18.5 Å². The van der Waals surface area contributed by atoms with Crippen molar-refractivity contribution in [2.24, 2.45) is 0 Å². The molecule has 1 N–H and O–H groups in total. The van der Waals surface area contributed by atoms with Crippen LogP contribution < -0.4 is 4.72 Å². The van der Waals surface area contributed by atoms with Gasteiger partial charge < -0.3 is 0 Å². The Labute approximate surface area is 127 Å². The van der Waals surface area contributed by atoms with Gasteiger partial charge in [0, 0.05) is 17.1 Å². The number of halogens is 1. The van der Waals surface area contributed by atoms with Gasteiger partial charge in [-0.05, 0) is 34.5 Å². The SMILES string of the molecule is O=[N+]([O-])c1ccc(Br)cc1S(=O)(=O)NCc1ccsc1. The number of sulfonamides is 1. The molecule has 0 aliphatic rings. The summed E-state index contributed by atoms with van der Waals surface area (Å²) in [5.74, 6) is 0. The van der Waals surface area contributed by atoms with Crippen LogP contribution in [0.4, 0.5) is 5.69 Å².